The molecule has 0 radical (unpaired) electrons. The predicted molar refractivity (Wildman–Crippen MR) is 159 cm³/mol. The van der Waals surface area contributed by atoms with Crippen LogP contribution in [0.2, 0.25) is 5.02 Å². The molecule has 44 heavy (non-hydrogen) atoms. The Hall–Kier alpha value is -4.69. The second-order valence-corrected chi connectivity index (χ2v) is 9.45. The molecule has 14 nitrogen and oxygen atoms in total. The Morgan fingerprint density at radius 3 is 2.55 bits per heavy atom. The lowest BCUT2D eigenvalue weighted by Crippen LogP contribution is -2.45. The van der Waals surface area contributed by atoms with Crippen molar-refractivity contribution in [3.8, 4) is 23.0 Å². The standard InChI is InChI=1S/C29H35ClN4O10/c1-6-41-21-12-18(26-25(28(37)40-5)16(3)32-29(38)33-26)8-9-20(21)43-14-23(35)34-31-13-17-10-19(30)27(22(11-17)39-4)44-15-24(36)42-7-2/h8-13,23,26,34-35H,6-7,14-15H2,1-5H3,(H2,32,33,38)/b31-13-/t23-,26-/m1/s1. The molecule has 0 fully saturated rings. The van der Waals surface area contributed by atoms with E-state index in [0.717, 1.165) is 0 Å². The minimum atomic E-state index is -1.22. The summed E-state index contributed by atoms with van der Waals surface area (Å²) in [6, 6.07) is 6.79. The summed E-state index contributed by atoms with van der Waals surface area (Å²) < 4.78 is 32.0. The molecule has 0 spiro atoms. The largest absolute Gasteiger partial charge is 0.493 e. The number of nitrogens with one attached hydrogen (secondary N) is 3. The van der Waals surface area contributed by atoms with Crippen molar-refractivity contribution in [2.75, 3.05) is 40.6 Å². The topological polar surface area (TPSA) is 175 Å². The van der Waals surface area contributed by atoms with E-state index in [-0.39, 0.29) is 41.9 Å². The number of hydrazone groups is 1. The number of aliphatic hydroxyl groups is 1. The first-order valence-corrected chi connectivity index (χ1v) is 13.9. The third-order valence-corrected chi connectivity index (χ3v) is 6.28. The van der Waals surface area contributed by atoms with Crippen molar-refractivity contribution in [2.24, 2.45) is 5.10 Å². The van der Waals surface area contributed by atoms with Gasteiger partial charge in [0.2, 0.25) is 0 Å². The van der Waals surface area contributed by atoms with Crippen LogP contribution in [-0.4, -0.2) is 76.2 Å². The van der Waals surface area contributed by atoms with Gasteiger partial charge in [-0.1, -0.05) is 17.7 Å². The molecule has 4 N–H and O–H groups in total. The van der Waals surface area contributed by atoms with Crippen molar-refractivity contribution < 1.29 is 47.9 Å². The number of carbonyl (C=O) groups is 3. The predicted octanol–water partition coefficient (Wildman–Crippen LogP) is 2.81. The second-order valence-electron chi connectivity index (χ2n) is 9.04. The smallest absolute Gasteiger partial charge is 0.344 e. The van der Waals surface area contributed by atoms with Gasteiger partial charge in [0.25, 0.3) is 0 Å². The van der Waals surface area contributed by atoms with Crippen molar-refractivity contribution >= 4 is 35.8 Å². The van der Waals surface area contributed by atoms with Crippen LogP contribution in [0.4, 0.5) is 4.79 Å². The molecular weight excluding hydrogens is 600 g/mol. The first-order valence-electron chi connectivity index (χ1n) is 13.5. The van der Waals surface area contributed by atoms with E-state index in [1.807, 2.05) is 0 Å². The number of rotatable bonds is 15. The van der Waals surface area contributed by atoms with Gasteiger partial charge in [0.1, 0.15) is 6.61 Å². The summed E-state index contributed by atoms with van der Waals surface area (Å²) in [5.41, 5.74) is 4.25. The molecule has 2 amide bonds. The lowest BCUT2D eigenvalue weighted by molar-refractivity contribution is -0.145. The van der Waals surface area contributed by atoms with Gasteiger partial charge in [-0.2, -0.15) is 5.10 Å². The van der Waals surface area contributed by atoms with Crippen molar-refractivity contribution in [3.05, 3.63) is 57.8 Å². The zero-order valence-corrected chi connectivity index (χ0v) is 25.6. The molecule has 0 bridgehead atoms. The van der Waals surface area contributed by atoms with Gasteiger partial charge < -0.3 is 44.2 Å². The number of halogens is 1. The van der Waals surface area contributed by atoms with Crippen LogP contribution in [0, 0.1) is 0 Å². The average Bonchev–Trinajstić information content (AvgIpc) is 2.99. The number of hydrogen-bond donors (Lipinski definition) is 4. The number of esters is 2. The highest BCUT2D eigenvalue weighted by Crippen LogP contribution is 2.36. The maximum absolute atomic E-state index is 12.4. The van der Waals surface area contributed by atoms with Gasteiger partial charge in [0, 0.05) is 5.70 Å². The Morgan fingerprint density at radius 2 is 1.86 bits per heavy atom. The van der Waals surface area contributed by atoms with Crippen molar-refractivity contribution in [3.63, 3.8) is 0 Å². The summed E-state index contributed by atoms with van der Waals surface area (Å²) >= 11 is 6.31. The van der Waals surface area contributed by atoms with Gasteiger partial charge in [-0.15, -0.1) is 0 Å². The van der Waals surface area contributed by atoms with E-state index >= 15 is 0 Å². The van der Waals surface area contributed by atoms with Gasteiger partial charge in [0.05, 0.1) is 50.3 Å². The molecule has 1 aliphatic heterocycles. The summed E-state index contributed by atoms with van der Waals surface area (Å²) in [7, 11) is 2.68. The molecule has 15 heteroatoms. The van der Waals surface area contributed by atoms with Crippen LogP contribution in [0.3, 0.4) is 0 Å². The maximum atomic E-state index is 12.4. The molecule has 2 aromatic carbocycles. The number of aliphatic hydroxyl groups excluding tert-OH is 1. The number of nitrogens with zero attached hydrogens (tertiary/aromatic N) is 1. The number of carbonyl (C=O) groups excluding carboxylic acids is 3. The third-order valence-electron chi connectivity index (χ3n) is 6.00. The first-order chi connectivity index (χ1) is 21.1. The maximum Gasteiger partial charge on any atom is 0.344 e. The number of hydrogen-bond acceptors (Lipinski definition) is 12. The minimum Gasteiger partial charge on any atom is -0.493 e. The van der Waals surface area contributed by atoms with Gasteiger partial charge in [-0.3, -0.25) is 5.43 Å². The second kappa shape index (κ2) is 16.2. The van der Waals surface area contributed by atoms with Gasteiger partial charge >= 0.3 is 18.0 Å². The Kier molecular flexibility index (Phi) is 12.5. The van der Waals surface area contributed by atoms with Crippen molar-refractivity contribution in [1.29, 1.82) is 0 Å². The fraction of sp³-hybridized carbons (Fsp3) is 0.379. The summed E-state index contributed by atoms with van der Waals surface area (Å²) in [4.78, 5) is 36.2. The van der Waals surface area contributed by atoms with E-state index in [1.165, 1.54) is 20.4 Å². The molecule has 2 atom stereocenters. The Balaban J connectivity index is 1.66. The summed E-state index contributed by atoms with van der Waals surface area (Å²) in [6.45, 7) is 5.07. The molecule has 1 aliphatic rings. The van der Waals surface area contributed by atoms with Crippen molar-refractivity contribution in [2.45, 2.75) is 33.0 Å². The zero-order chi connectivity index (χ0) is 32.2. The van der Waals surface area contributed by atoms with E-state index in [9.17, 15) is 19.5 Å². The van der Waals surface area contributed by atoms with Crippen LogP contribution in [0.5, 0.6) is 23.0 Å². The minimum absolute atomic E-state index is 0.173. The Labute approximate surface area is 259 Å². The van der Waals surface area contributed by atoms with E-state index in [4.69, 9.17) is 40.0 Å². The SMILES string of the molecule is CCOC(=O)COc1c(Cl)cc(/C=N\N[C@H](O)COc2ccc([C@H]3NC(=O)NC(C)=C3C(=O)OC)cc2OCC)cc1OC. The molecule has 2 aromatic rings. The summed E-state index contributed by atoms with van der Waals surface area (Å²) in [5, 5.41) is 19.9. The van der Waals surface area contributed by atoms with Crippen molar-refractivity contribution in [1.82, 2.24) is 16.1 Å². The lowest BCUT2D eigenvalue weighted by Gasteiger charge is -2.28. The Morgan fingerprint density at radius 1 is 1.09 bits per heavy atom. The van der Waals surface area contributed by atoms with Crippen LogP contribution in [0.25, 0.3) is 0 Å². The van der Waals surface area contributed by atoms with Gasteiger partial charge in [-0.25, -0.2) is 14.4 Å². The molecule has 1 heterocycles. The van der Waals surface area contributed by atoms with Crippen LogP contribution in [0.1, 0.15) is 37.9 Å². The normalized spacial score (nSPS) is 15.2. The van der Waals surface area contributed by atoms with Crippen LogP contribution >= 0.6 is 11.6 Å². The lowest BCUT2D eigenvalue weighted by atomic mass is 9.95. The van der Waals surface area contributed by atoms with Crippen LogP contribution in [0.15, 0.2) is 46.7 Å². The number of benzene rings is 2. The zero-order valence-electron chi connectivity index (χ0n) is 24.9. The van der Waals surface area contributed by atoms with E-state index in [0.29, 0.717) is 34.9 Å². The molecule has 0 saturated heterocycles. The highest BCUT2D eigenvalue weighted by Gasteiger charge is 2.32. The number of ether oxygens (including phenoxy) is 6. The first kappa shape index (κ1) is 33.8. The van der Waals surface area contributed by atoms with E-state index < -0.39 is 30.2 Å². The molecule has 238 valence electrons. The Bertz CT molecular complexity index is 1410. The number of methoxy groups -OCH3 is 2. The fourth-order valence-corrected chi connectivity index (χ4v) is 4.38. The monoisotopic (exact) mass is 634 g/mol. The summed E-state index contributed by atoms with van der Waals surface area (Å²) in [5.74, 6) is -0.0407. The quantitative estimate of drug-likeness (QED) is 0.0981. The number of urea groups is 1. The van der Waals surface area contributed by atoms with E-state index in [2.05, 4.69) is 21.2 Å². The molecule has 0 aliphatic carbocycles. The molecule has 0 unspecified atom stereocenters. The number of allylic oxidation sites excluding steroid dienone is 1. The summed E-state index contributed by atoms with van der Waals surface area (Å²) in [6.07, 6.45) is 0.180. The molecule has 0 saturated carbocycles. The molecule has 0 aromatic heterocycles. The molecular formula is C29H35ClN4O10. The van der Waals surface area contributed by atoms with Crippen LogP contribution < -0.4 is 35.0 Å². The highest BCUT2D eigenvalue weighted by molar-refractivity contribution is 6.32. The fourth-order valence-electron chi connectivity index (χ4n) is 4.11. The molecule has 3 rings (SSSR count). The third kappa shape index (κ3) is 8.91. The van der Waals surface area contributed by atoms with Gasteiger partial charge in [0.15, 0.2) is 35.8 Å². The van der Waals surface area contributed by atoms with E-state index in [1.54, 1.807) is 51.1 Å². The van der Waals surface area contributed by atoms with Crippen LogP contribution in [-0.2, 0) is 19.1 Å². The van der Waals surface area contributed by atoms with Gasteiger partial charge in [-0.05, 0) is 56.2 Å². The highest BCUT2D eigenvalue weighted by atomic mass is 35.5. The average molecular weight is 635 g/mol. The number of amides is 2.